The fraction of sp³-hybridized carbons (Fsp3) is 0.250. The van der Waals surface area contributed by atoms with Crippen LogP contribution in [0.25, 0.3) is 0 Å². The maximum absolute atomic E-state index is 12.2. The largest absolute Gasteiger partial charge is 0.466 e. The molecule has 0 saturated heterocycles. The molecule has 0 aliphatic heterocycles. The number of hydrogen-bond donors (Lipinski definition) is 1. The Morgan fingerprint density at radius 2 is 1.62 bits per heavy atom. The zero-order valence-corrected chi connectivity index (χ0v) is 18.0. The Hall–Kier alpha value is -2.79. The summed E-state index contributed by atoms with van der Waals surface area (Å²) in [5, 5.41) is 2.91. The van der Waals surface area contributed by atoms with Crippen molar-refractivity contribution < 1.29 is 14.0 Å². The van der Waals surface area contributed by atoms with Crippen LogP contribution in [0.1, 0.15) is 46.3 Å². The Bertz CT molecular complexity index is 1030. The monoisotopic (exact) mass is 407 g/mol. The minimum atomic E-state index is -0.0852. The summed E-state index contributed by atoms with van der Waals surface area (Å²) in [6.45, 7) is 7.49. The molecule has 3 aromatic rings. The summed E-state index contributed by atoms with van der Waals surface area (Å²) in [6, 6.07) is 16.0. The Kier molecular flexibility index (Phi) is 6.60. The number of Topliss-reactive ketones (excluding diaryl/α,β-unsaturated/α-hetero) is 1. The van der Waals surface area contributed by atoms with Crippen LogP contribution in [0, 0.1) is 20.8 Å². The topological polar surface area (TPSA) is 59.3 Å². The van der Waals surface area contributed by atoms with Crippen LogP contribution in [0.4, 0.5) is 5.69 Å². The molecule has 0 radical (unpaired) electrons. The molecule has 0 spiro atoms. The number of aryl methyl sites for hydroxylation is 4. The average molecular weight is 408 g/mol. The minimum absolute atomic E-state index is 0.0271. The Labute approximate surface area is 175 Å². The van der Waals surface area contributed by atoms with Crippen molar-refractivity contribution in [2.45, 2.75) is 50.3 Å². The molecule has 1 amide bonds. The second kappa shape index (κ2) is 9.14. The summed E-state index contributed by atoms with van der Waals surface area (Å²) >= 11 is 1.70. The number of benzene rings is 2. The zero-order valence-electron chi connectivity index (χ0n) is 17.2. The molecule has 0 aliphatic rings. The molecule has 4 nitrogen and oxygen atoms in total. The SMILES string of the molecule is CC(=O)c1cc(CCC(=O)Nc2ccc(Sc3ccc(C)c(C)c3)cc2)oc1C. The molecule has 1 N–H and O–H groups in total. The number of nitrogens with one attached hydrogen (secondary N) is 1. The predicted molar refractivity (Wildman–Crippen MR) is 117 cm³/mol. The fourth-order valence-electron chi connectivity index (χ4n) is 3.00. The molecule has 0 saturated carbocycles. The van der Waals surface area contributed by atoms with Gasteiger partial charge in [-0.15, -0.1) is 0 Å². The Morgan fingerprint density at radius 3 is 2.24 bits per heavy atom. The van der Waals surface area contributed by atoms with Crippen LogP contribution < -0.4 is 5.32 Å². The Balaban J connectivity index is 1.53. The van der Waals surface area contributed by atoms with E-state index in [1.807, 2.05) is 24.3 Å². The van der Waals surface area contributed by atoms with Gasteiger partial charge in [0.15, 0.2) is 5.78 Å². The number of rotatable bonds is 7. The van der Waals surface area contributed by atoms with Gasteiger partial charge in [0.2, 0.25) is 5.91 Å². The lowest BCUT2D eigenvalue weighted by Crippen LogP contribution is -2.12. The van der Waals surface area contributed by atoms with Crippen molar-refractivity contribution in [1.29, 1.82) is 0 Å². The van der Waals surface area contributed by atoms with Gasteiger partial charge in [0.25, 0.3) is 0 Å². The van der Waals surface area contributed by atoms with E-state index in [1.165, 1.54) is 22.9 Å². The molecule has 1 aromatic heterocycles. The van der Waals surface area contributed by atoms with Gasteiger partial charge in [0.1, 0.15) is 11.5 Å². The summed E-state index contributed by atoms with van der Waals surface area (Å²) in [7, 11) is 0. The molecule has 0 unspecified atom stereocenters. The lowest BCUT2D eigenvalue weighted by atomic mass is 10.1. The molecule has 0 bridgehead atoms. The first-order chi connectivity index (χ1) is 13.8. The quantitative estimate of drug-likeness (QED) is 0.479. The molecule has 5 heteroatoms. The lowest BCUT2D eigenvalue weighted by Gasteiger charge is -2.07. The van der Waals surface area contributed by atoms with Crippen LogP contribution in [0.15, 0.2) is 62.7 Å². The van der Waals surface area contributed by atoms with Gasteiger partial charge in [-0.05, 0) is 81.3 Å². The van der Waals surface area contributed by atoms with Gasteiger partial charge in [-0.1, -0.05) is 17.8 Å². The minimum Gasteiger partial charge on any atom is -0.466 e. The Morgan fingerprint density at radius 1 is 0.931 bits per heavy atom. The second-order valence-electron chi connectivity index (χ2n) is 7.16. The van der Waals surface area contributed by atoms with E-state index in [-0.39, 0.29) is 11.7 Å². The van der Waals surface area contributed by atoms with Gasteiger partial charge in [-0.3, -0.25) is 9.59 Å². The fourth-order valence-corrected chi connectivity index (χ4v) is 3.91. The highest BCUT2D eigenvalue weighted by atomic mass is 32.2. The van der Waals surface area contributed by atoms with Crippen LogP contribution in [0.2, 0.25) is 0 Å². The lowest BCUT2D eigenvalue weighted by molar-refractivity contribution is -0.116. The molecular weight excluding hydrogens is 382 g/mol. The van der Waals surface area contributed by atoms with E-state index >= 15 is 0 Å². The van der Waals surface area contributed by atoms with Crippen molar-refractivity contribution in [3.8, 4) is 0 Å². The number of carbonyl (C=O) groups excluding carboxylic acids is 2. The normalized spacial score (nSPS) is 10.8. The highest BCUT2D eigenvalue weighted by Gasteiger charge is 2.12. The van der Waals surface area contributed by atoms with E-state index < -0.39 is 0 Å². The van der Waals surface area contributed by atoms with Crippen molar-refractivity contribution in [3.05, 3.63) is 76.7 Å². The third-order valence-corrected chi connectivity index (χ3v) is 5.80. The van der Waals surface area contributed by atoms with E-state index in [0.717, 1.165) is 10.6 Å². The van der Waals surface area contributed by atoms with E-state index in [1.54, 1.807) is 24.8 Å². The molecule has 3 rings (SSSR count). The van der Waals surface area contributed by atoms with Crippen molar-refractivity contribution >= 4 is 29.1 Å². The smallest absolute Gasteiger partial charge is 0.224 e. The first kappa shape index (κ1) is 20.9. The van der Waals surface area contributed by atoms with Crippen LogP contribution in [-0.4, -0.2) is 11.7 Å². The maximum Gasteiger partial charge on any atom is 0.224 e. The van der Waals surface area contributed by atoms with E-state index in [0.29, 0.717) is 29.9 Å². The molecular formula is C24H25NO3S. The van der Waals surface area contributed by atoms with E-state index in [4.69, 9.17) is 4.42 Å². The van der Waals surface area contributed by atoms with Gasteiger partial charge in [0.05, 0.1) is 5.56 Å². The number of carbonyl (C=O) groups is 2. The summed E-state index contributed by atoms with van der Waals surface area (Å²) in [5.74, 6) is 1.14. The first-order valence-electron chi connectivity index (χ1n) is 9.57. The molecule has 2 aromatic carbocycles. The predicted octanol–water partition coefficient (Wildman–Crippen LogP) is 6.13. The number of hydrogen-bond acceptors (Lipinski definition) is 4. The number of furan rings is 1. The highest BCUT2D eigenvalue weighted by Crippen LogP contribution is 2.30. The van der Waals surface area contributed by atoms with Crippen molar-refractivity contribution in [2.75, 3.05) is 5.32 Å². The third kappa shape index (κ3) is 5.61. The van der Waals surface area contributed by atoms with Gasteiger partial charge in [0, 0.05) is 28.3 Å². The van der Waals surface area contributed by atoms with Crippen molar-refractivity contribution in [2.24, 2.45) is 0 Å². The van der Waals surface area contributed by atoms with Gasteiger partial charge < -0.3 is 9.73 Å². The summed E-state index contributed by atoms with van der Waals surface area (Å²) in [5.41, 5.74) is 3.91. The maximum atomic E-state index is 12.2. The summed E-state index contributed by atoms with van der Waals surface area (Å²) < 4.78 is 5.56. The molecule has 150 valence electrons. The molecule has 0 fully saturated rings. The molecule has 29 heavy (non-hydrogen) atoms. The van der Waals surface area contributed by atoms with Gasteiger partial charge >= 0.3 is 0 Å². The first-order valence-corrected chi connectivity index (χ1v) is 10.4. The third-order valence-electron chi connectivity index (χ3n) is 4.80. The molecule has 0 aliphatic carbocycles. The molecule has 1 heterocycles. The van der Waals surface area contributed by atoms with Crippen LogP contribution >= 0.6 is 11.8 Å². The summed E-state index contributed by atoms with van der Waals surface area (Å²) in [6.07, 6.45) is 0.754. The molecule has 0 atom stereocenters. The van der Waals surface area contributed by atoms with Crippen molar-refractivity contribution in [1.82, 2.24) is 0 Å². The van der Waals surface area contributed by atoms with E-state index in [2.05, 4.69) is 37.4 Å². The number of anilines is 1. The van der Waals surface area contributed by atoms with Crippen LogP contribution in [0.5, 0.6) is 0 Å². The van der Waals surface area contributed by atoms with Crippen LogP contribution in [0.3, 0.4) is 0 Å². The standard InChI is InChI=1S/C24H25NO3S/c1-15-5-9-22(13-16(15)2)29-21-10-6-19(7-11-21)25-24(27)12-8-20-14-23(17(3)26)18(4)28-20/h5-7,9-11,13-14H,8,12H2,1-4H3,(H,25,27). The highest BCUT2D eigenvalue weighted by molar-refractivity contribution is 7.99. The second-order valence-corrected chi connectivity index (χ2v) is 8.31. The zero-order chi connectivity index (χ0) is 21.0. The van der Waals surface area contributed by atoms with E-state index in [9.17, 15) is 9.59 Å². The number of amides is 1. The van der Waals surface area contributed by atoms with Gasteiger partial charge in [-0.2, -0.15) is 0 Å². The van der Waals surface area contributed by atoms with Crippen LogP contribution in [-0.2, 0) is 11.2 Å². The van der Waals surface area contributed by atoms with Gasteiger partial charge in [-0.25, -0.2) is 0 Å². The summed E-state index contributed by atoms with van der Waals surface area (Å²) in [4.78, 5) is 26.0. The number of ketones is 1. The van der Waals surface area contributed by atoms with Crippen molar-refractivity contribution in [3.63, 3.8) is 0 Å². The average Bonchev–Trinajstić information content (AvgIpc) is 3.06.